The first-order valence-electron chi connectivity index (χ1n) is 7.00. The Kier molecular flexibility index (Phi) is 3.97. The van der Waals surface area contributed by atoms with Gasteiger partial charge in [0.15, 0.2) is 0 Å². The number of ether oxygens (including phenoxy) is 1. The molecule has 0 aliphatic carbocycles. The van der Waals surface area contributed by atoms with Gasteiger partial charge in [0, 0.05) is 5.56 Å². The number of esters is 2. The molecule has 4 heteroatoms. The molecule has 112 valence electrons. The molecule has 0 saturated carbocycles. The van der Waals surface area contributed by atoms with Gasteiger partial charge in [-0.15, -0.1) is 0 Å². The molecule has 0 unspecified atom stereocenters. The van der Waals surface area contributed by atoms with Crippen molar-refractivity contribution in [2.45, 2.75) is 0 Å². The van der Waals surface area contributed by atoms with Crippen molar-refractivity contribution >= 4 is 28.5 Å². The molecule has 3 aromatic carbocycles. The van der Waals surface area contributed by atoms with Gasteiger partial charge in [-0.2, -0.15) is 0 Å². The number of hydrogen-bond acceptors (Lipinski definition) is 4. The molecule has 3 aromatic rings. The Morgan fingerprint density at radius 1 is 0.696 bits per heavy atom. The second-order valence-corrected chi connectivity index (χ2v) is 4.90. The number of fused-ring (bicyclic) bond motifs is 1. The van der Waals surface area contributed by atoms with E-state index in [-0.39, 0.29) is 11.1 Å². The molecule has 0 bridgehead atoms. The van der Waals surface area contributed by atoms with Crippen LogP contribution in [0.3, 0.4) is 0 Å². The van der Waals surface area contributed by atoms with Crippen LogP contribution in [-0.2, 0) is 9.53 Å². The van der Waals surface area contributed by atoms with Crippen LogP contribution in [0.15, 0.2) is 72.8 Å². The fourth-order valence-corrected chi connectivity index (χ4v) is 2.30. The van der Waals surface area contributed by atoms with Crippen molar-refractivity contribution in [3.8, 4) is 0 Å². The first kappa shape index (κ1) is 14.7. The minimum atomic E-state index is -1.19. The molecule has 0 saturated heterocycles. The number of rotatable bonds is 3. The summed E-state index contributed by atoms with van der Waals surface area (Å²) in [6.45, 7) is 0. The average molecular weight is 304 g/mol. The number of ketones is 1. The number of Topliss-reactive ketones (excluding diaryl/α,β-unsaturated/α-hetero) is 1. The Morgan fingerprint density at radius 2 is 1.35 bits per heavy atom. The lowest BCUT2D eigenvalue weighted by Gasteiger charge is -2.06. The van der Waals surface area contributed by atoms with E-state index in [0.29, 0.717) is 5.39 Å². The zero-order valence-electron chi connectivity index (χ0n) is 12.1. The molecule has 0 radical (unpaired) electrons. The van der Waals surface area contributed by atoms with Crippen molar-refractivity contribution in [3.05, 3.63) is 83.9 Å². The second-order valence-electron chi connectivity index (χ2n) is 4.90. The molecule has 0 heterocycles. The lowest BCUT2D eigenvalue weighted by Crippen LogP contribution is -2.21. The molecule has 0 aromatic heterocycles. The maximum Gasteiger partial charge on any atom is 0.387 e. The fourth-order valence-electron chi connectivity index (χ4n) is 2.30. The molecular weight excluding hydrogens is 292 g/mol. The summed E-state index contributed by atoms with van der Waals surface area (Å²) in [6, 6.07) is 20.3. The van der Waals surface area contributed by atoms with Crippen molar-refractivity contribution < 1.29 is 19.1 Å². The monoisotopic (exact) mass is 304 g/mol. The van der Waals surface area contributed by atoms with Gasteiger partial charge in [-0.1, -0.05) is 66.7 Å². The number of hydrogen-bond donors (Lipinski definition) is 0. The van der Waals surface area contributed by atoms with Gasteiger partial charge in [0.1, 0.15) is 0 Å². The minimum absolute atomic E-state index is 0.184. The predicted octanol–water partition coefficient (Wildman–Crippen LogP) is 3.41. The highest BCUT2D eigenvalue weighted by Crippen LogP contribution is 2.19. The quantitative estimate of drug-likeness (QED) is 0.322. The van der Waals surface area contributed by atoms with Crippen LogP contribution < -0.4 is 0 Å². The van der Waals surface area contributed by atoms with E-state index < -0.39 is 17.7 Å². The Morgan fingerprint density at radius 3 is 2.13 bits per heavy atom. The molecule has 3 rings (SSSR count). The Hall–Kier alpha value is -3.27. The van der Waals surface area contributed by atoms with Crippen LogP contribution >= 0.6 is 0 Å². The van der Waals surface area contributed by atoms with Gasteiger partial charge < -0.3 is 4.74 Å². The molecule has 0 aliphatic rings. The van der Waals surface area contributed by atoms with Gasteiger partial charge in [0.2, 0.25) is 0 Å². The van der Waals surface area contributed by atoms with E-state index in [2.05, 4.69) is 0 Å². The number of benzene rings is 3. The third-order valence-corrected chi connectivity index (χ3v) is 3.42. The number of carbonyl (C=O) groups excluding carboxylic acids is 3. The van der Waals surface area contributed by atoms with E-state index in [0.717, 1.165) is 5.39 Å². The maximum atomic E-state index is 12.2. The van der Waals surface area contributed by atoms with E-state index in [1.807, 2.05) is 18.2 Å². The summed E-state index contributed by atoms with van der Waals surface area (Å²) in [6.07, 6.45) is 0. The van der Waals surface area contributed by atoms with Crippen LogP contribution in [0.4, 0.5) is 0 Å². The third-order valence-electron chi connectivity index (χ3n) is 3.42. The van der Waals surface area contributed by atoms with E-state index in [1.54, 1.807) is 42.5 Å². The SMILES string of the molecule is O=C(OC(=O)c1cccc2ccccc12)C(=O)c1ccccc1. The first-order valence-corrected chi connectivity index (χ1v) is 7.00. The summed E-state index contributed by atoms with van der Waals surface area (Å²) in [5.41, 5.74) is 0.431. The van der Waals surface area contributed by atoms with Gasteiger partial charge in [-0.3, -0.25) is 4.79 Å². The highest BCUT2D eigenvalue weighted by atomic mass is 16.6. The first-order chi connectivity index (χ1) is 11.2. The summed E-state index contributed by atoms with van der Waals surface area (Å²) >= 11 is 0. The van der Waals surface area contributed by atoms with E-state index in [4.69, 9.17) is 4.74 Å². The smallest absolute Gasteiger partial charge is 0.383 e. The Bertz CT molecular complexity index is 892. The predicted molar refractivity (Wildman–Crippen MR) is 85.1 cm³/mol. The Labute approximate surface area is 132 Å². The summed E-state index contributed by atoms with van der Waals surface area (Å²) < 4.78 is 4.73. The van der Waals surface area contributed by atoms with Gasteiger partial charge >= 0.3 is 11.9 Å². The van der Waals surface area contributed by atoms with Crippen LogP contribution in [0.25, 0.3) is 10.8 Å². The highest BCUT2D eigenvalue weighted by molar-refractivity contribution is 6.42. The van der Waals surface area contributed by atoms with Crippen LogP contribution in [-0.4, -0.2) is 17.7 Å². The molecular formula is C19H12O4. The van der Waals surface area contributed by atoms with Gasteiger partial charge in [-0.25, -0.2) is 9.59 Å². The zero-order chi connectivity index (χ0) is 16.2. The second kappa shape index (κ2) is 6.23. The van der Waals surface area contributed by atoms with E-state index in [1.165, 1.54) is 12.1 Å². The normalized spacial score (nSPS) is 10.3. The molecule has 0 spiro atoms. The third kappa shape index (κ3) is 3.01. The van der Waals surface area contributed by atoms with Gasteiger partial charge in [0.05, 0.1) is 5.56 Å². The standard InChI is InChI=1S/C19H12O4/c20-17(14-8-2-1-3-9-14)19(22)23-18(21)16-12-6-10-13-7-4-5-11-15(13)16/h1-12H. The van der Waals surface area contributed by atoms with E-state index in [9.17, 15) is 14.4 Å². The van der Waals surface area contributed by atoms with E-state index >= 15 is 0 Å². The van der Waals surface area contributed by atoms with Crippen molar-refractivity contribution in [2.24, 2.45) is 0 Å². The van der Waals surface area contributed by atoms with Crippen molar-refractivity contribution in [2.75, 3.05) is 0 Å². The summed E-state index contributed by atoms with van der Waals surface area (Å²) in [5, 5.41) is 1.52. The van der Waals surface area contributed by atoms with Crippen LogP contribution in [0.5, 0.6) is 0 Å². The average Bonchev–Trinajstić information content (AvgIpc) is 2.61. The molecule has 0 fully saturated rings. The van der Waals surface area contributed by atoms with Crippen molar-refractivity contribution in [1.29, 1.82) is 0 Å². The van der Waals surface area contributed by atoms with Crippen LogP contribution in [0.1, 0.15) is 20.7 Å². The highest BCUT2D eigenvalue weighted by Gasteiger charge is 2.22. The molecule has 23 heavy (non-hydrogen) atoms. The largest absolute Gasteiger partial charge is 0.387 e. The van der Waals surface area contributed by atoms with Gasteiger partial charge in [0.25, 0.3) is 5.78 Å². The molecule has 0 N–H and O–H groups in total. The molecule has 0 amide bonds. The van der Waals surface area contributed by atoms with Crippen molar-refractivity contribution in [1.82, 2.24) is 0 Å². The lowest BCUT2D eigenvalue weighted by molar-refractivity contribution is -0.132. The summed E-state index contributed by atoms with van der Waals surface area (Å²) in [7, 11) is 0. The maximum absolute atomic E-state index is 12.2. The minimum Gasteiger partial charge on any atom is -0.383 e. The Balaban J connectivity index is 1.84. The van der Waals surface area contributed by atoms with Crippen LogP contribution in [0.2, 0.25) is 0 Å². The molecule has 4 nitrogen and oxygen atoms in total. The summed E-state index contributed by atoms with van der Waals surface area (Å²) in [4.78, 5) is 36.0. The van der Waals surface area contributed by atoms with Crippen LogP contribution in [0, 0.1) is 0 Å². The molecule has 0 aliphatic heterocycles. The van der Waals surface area contributed by atoms with Gasteiger partial charge in [-0.05, 0) is 16.8 Å². The van der Waals surface area contributed by atoms with Crippen molar-refractivity contribution in [3.63, 3.8) is 0 Å². The zero-order valence-corrected chi connectivity index (χ0v) is 12.1. The fraction of sp³-hybridized carbons (Fsp3) is 0. The molecule has 0 atom stereocenters. The lowest BCUT2D eigenvalue weighted by atomic mass is 10.0. The summed E-state index contributed by atoms with van der Waals surface area (Å²) in [5.74, 6) is -2.87. The number of carbonyl (C=O) groups is 3. The topological polar surface area (TPSA) is 60.4 Å².